The fourth-order valence-corrected chi connectivity index (χ4v) is 3.90. The molecule has 1 saturated heterocycles. The molecule has 0 spiro atoms. The van der Waals surface area contributed by atoms with Crippen molar-refractivity contribution in [3.8, 4) is 5.75 Å². The van der Waals surface area contributed by atoms with Crippen LogP contribution in [-0.4, -0.2) is 44.7 Å². The average molecular weight is 366 g/mol. The zero-order valence-electron chi connectivity index (χ0n) is 16.7. The number of hydrogen-bond acceptors (Lipinski definition) is 2. The highest BCUT2D eigenvalue weighted by atomic mass is 16.5. The van der Waals surface area contributed by atoms with Crippen molar-refractivity contribution in [2.45, 2.75) is 25.7 Å². The first kappa shape index (κ1) is 19.3. The lowest BCUT2D eigenvalue weighted by atomic mass is 9.99. The predicted molar refractivity (Wildman–Crippen MR) is 113 cm³/mol. The molecule has 3 rings (SSSR count). The molecule has 0 saturated carbocycles. The van der Waals surface area contributed by atoms with Gasteiger partial charge in [-0.05, 0) is 36.0 Å². The molecule has 1 aliphatic heterocycles. The molecule has 2 aromatic carbocycles. The van der Waals surface area contributed by atoms with Crippen LogP contribution in [0.1, 0.15) is 30.4 Å². The summed E-state index contributed by atoms with van der Waals surface area (Å²) in [5.74, 6) is 3.00. The summed E-state index contributed by atoms with van der Waals surface area (Å²) in [6.07, 6.45) is 2.36. The standard InChI is InChI=1S/C23H31N3O/c1-18(21-11-7-8-12-22(21)27-3)16-25-23(24-2)26-14-13-20(17-26)15-19-9-5-4-6-10-19/h4-12,18,20H,13-17H2,1-3H3,(H,24,25). The third kappa shape index (κ3) is 5.03. The molecular formula is C23H31N3O. The molecule has 27 heavy (non-hydrogen) atoms. The van der Waals surface area contributed by atoms with Crippen LogP contribution in [0, 0.1) is 5.92 Å². The van der Waals surface area contributed by atoms with E-state index >= 15 is 0 Å². The maximum Gasteiger partial charge on any atom is 0.193 e. The molecule has 4 nitrogen and oxygen atoms in total. The van der Waals surface area contributed by atoms with Gasteiger partial charge in [0.05, 0.1) is 7.11 Å². The Balaban J connectivity index is 1.53. The second kappa shape index (κ2) is 9.45. The first-order valence-electron chi connectivity index (χ1n) is 9.83. The van der Waals surface area contributed by atoms with Gasteiger partial charge >= 0.3 is 0 Å². The van der Waals surface area contributed by atoms with Crippen LogP contribution in [0.5, 0.6) is 5.75 Å². The van der Waals surface area contributed by atoms with E-state index in [0.29, 0.717) is 11.8 Å². The van der Waals surface area contributed by atoms with E-state index in [1.165, 1.54) is 17.5 Å². The van der Waals surface area contributed by atoms with E-state index in [4.69, 9.17) is 4.74 Å². The van der Waals surface area contributed by atoms with Crippen LogP contribution in [0.2, 0.25) is 0 Å². The molecule has 2 atom stereocenters. The van der Waals surface area contributed by atoms with E-state index in [-0.39, 0.29) is 0 Å². The third-order valence-corrected chi connectivity index (χ3v) is 5.40. The summed E-state index contributed by atoms with van der Waals surface area (Å²) in [5, 5.41) is 3.57. The Hall–Kier alpha value is -2.49. The molecule has 2 unspecified atom stereocenters. The van der Waals surface area contributed by atoms with Gasteiger partial charge in [-0.25, -0.2) is 0 Å². The van der Waals surface area contributed by atoms with E-state index in [2.05, 4.69) is 64.6 Å². The van der Waals surface area contributed by atoms with Crippen molar-refractivity contribution in [2.75, 3.05) is 33.8 Å². The first-order chi connectivity index (χ1) is 13.2. The van der Waals surface area contributed by atoms with Gasteiger partial charge in [0.25, 0.3) is 0 Å². The summed E-state index contributed by atoms with van der Waals surface area (Å²) in [6, 6.07) is 19.0. The van der Waals surface area contributed by atoms with E-state index in [9.17, 15) is 0 Å². The zero-order valence-corrected chi connectivity index (χ0v) is 16.7. The number of rotatable bonds is 6. The van der Waals surface area contributed by atoms with Gasteiger partial charge in [0.1, 0.15) is 5.75 Å². The summed E-state index contributed by atoms with van der Waals surface area (Å²) in [4.78, 5) is 6.91. The van der Waals surface area contributed by atoms with Crippen LogP contribution in [0.3, 0.4) is 0 Å². The van der Waals surface area contributed by atoms with E-state index in [1.54, 1.807) is 7.11 Å². The molecule has 1 aliphatic rings. The zero-order chi connectivity index (χ0) is 19.1. The Labute approximate surface area is 163 Å². The molecule has 4 heteroatoms. The average Bonchev–Trinajstić information content (AvgIpc) is 3.17. The Morgan fingerprint density at radius 2 is 1.93 bits per heavy atom. The van der Waals surface area contributed by atoms with Gasteiger partial charge < -0.3 is 15.0 Å². The number of hydrogen-bond donors (Lipinski definition) is 1. The SMILES string of the molecule is CN=C(NCC(C)c1ccccc1OC)N1CCC(Cc2ccccc2)C1. The number of ether oxygens (including phenoxy) is 1. The van der Waals surface area contributed by atoms with Crippen molar-refractivity contribution >= 4 is 5.96 Å². The van der Waals surface area contributed by atoms with Crippen molar-refractivity contribution in [1.29, 1.82) is 0 Å². The van der Waals surface area contributed by atoms with E-state index in [1.807, 2.05) is 19.2 Å². The molecule has 0 amide bonds. The fraction of sp³-hybridized carbons (Fsp3) is 0.435. The molecule has 0 aliphatic carbocycles. The van der Waals surface area contributed by atoms with Crippen molar-refractivity contribution in [3.05, 3.63) is 65.7 Å². The summed E-state index contributed by atoms with van der Waals surface area (Å²) >= 11 is 0. The molecule has 0 radical (unpaired) electrons. The first-order valence-corrected chi connectivity index (χ1v) is 9.83. The number of aliphatic imine (C=N–C) groups is 1. The number of benzene rings is 2. The van der Waals surface area contributed by atoms with Crippen LogP contribution in [0.15, 0.2) is 59.6 Å². The molecule has 0 bridgehead atoms. The van der Waals surface area contributed by atoms with E-state index in [0.717, 1.165) is 37.8 Å². The summed E-state index contributed by atoms with van der Waals surface area (Å²) in [6.45, 7) is 5.20. The predicted octanol–water partition coefficient (Wildman–Crippen LogP) is 3.94. The Morgan fingerprint density at radius 1 is 1.19 bits per heavy atom. The van der Waals surface area contributed by atoms with Gasteiger partial charge in [0.15, 0.2) is 5.96 Å². The minimum absolute atomic E-state index is 0.348. The normalized spacial score (nSPS) is 18.4. The molecule has 2 aromatic rings. The van der Waals surface area contributed by atoms with Crippen LogP contribution in [-0.2, 0) is 6.42 Å². The third-order valence-electron chi connectivity index (χ3n) is 5.40. The lowest BCUT2D eigenvalue weighted by Crippen LogP contribution is -2.41. The Morgan fingerprint density at radius 3 is 2.67 bits per heavy atom. The smallest absolute Gasteiger partial charge is 0.193 e. The molecule has 144 valence electrons. The topological polar surface area (TPSA) is 36.9 Å². The molecule has 1 fully saturated rings. The maximum absolute atomic E-state index is 5.50. The van der Waals surface area contributed by atoms with Gasteiger partial charge in [0.2, 0.25) is 0 Å². The van der Waals surface area contributed by atoms with Crippen molar-refractivity contribution in [2.24, 2.45) is 10.9 Å². The number of nitrogens with one attached hydrogen (secondary N) is 1. The largest absolute Gasteiger partial charge is 0.496 e. The van der Waals surface area contributed by atoms with Crippen LogP contribution in [0.4, 0.5) is 0 Å². The minimum atomic E-state index is 0.348. The van der Waals surface area contributed by atoms with Gasteiger partial charge in [-0.2, -0.15) is 0 Å². The number of methoxy groups -OCH3 is 1. The maximum atomic E-state index is 5.50. The number of para-hydroxylation sites is 1. The molecule has 0 aromatic heterocycles. The number of nitrogens with zero attached hydrogens (tertiary/aromatic N) is 2. The van der Waals surface area contributed by atoms with Crippen LogP contribution >= 0.6 is 0 Å². The highest BCUT2D eigenvalue weighted by Gasteiger charge is 2.25. The van der Waals surface area contributed by atoms with Gasteiger partial charge in [-0.15, -0.1) is 0 Å². The summed E-state index contributed by atoms with van der Waals surface area (Å²) < 4.78 is 5.50. The fourth-order valence-electron chi connectivity index (χ4n) is 3.90. The lowest BCUT2D eigenvalue weighted by Gasteiger charge is -2.24. The number of guanidine groups is 1. The molecular weight excluding hydrogens is 334 g/mol. The quantitative estimate of drug-likeness (QED) is 0.622. The van der Waals surface area contributed by atoms with E-state index < -0.39 is 0 Å². The lowest BCUT2D eigenvalue weighted by molar-refractivity contribution is 0.405. The van der Waals surface area contributed by atoms with Crippen LogP contribution < -0.4 is 10.1 Å². The number of likely N-dealkylation sites (tertiary alicyclic amines) is 1. The highest BCUT2D eigenvalue weighted by Crippen LogP contribution is 2.26. The second-order valence-electron chi connectivity index (χ2n) is 7.36. The minimum Gasteiger partial charge on any atom is -0.496 e. The van der Waals surface area contributed by atoms with Crippen molar-refractivity contribution in [1.82, 2.24) is 10.2 Å². The monoisotopic (exact) mass is 365 g/mol. The highest BCUT2D eigenvalue weighted by molar-refractivity contribution is 5.80. The summed E-state index contributed by atoms with van der Waals surface area (Å²) in [5.41, 5.74) is 2.66. The second-order valence-corrected chi connectivity index (χ2v) is 7.36. The van der Waals surface area contributed by atoms with Crippen LogP contribution in [0.25, 0.3) is 0 Å². The van der Waals surface area contributed by atoms with Gasteiger partial charge in [-0.1, -0.05) is 55.5 Å². The Bertz CT molecular complexity index is 744. The van der Waals surface area contributed by atoms with Gasteiger partial charge in [0, 0.05) is 32.6 Å². The summed E-state index contributed by atoms with van der Waals surface area (Å²) in [7, 11) is 3.61. The van der Waals surface area contributed by atoms with Gasteiger partial charge in [-0.3, -0.25) is 4.99 Å². The van der Waals surface area contributed by atoms with Crippen molar-refractivity contribution < 1.29 is 4.74 Å². The van der Waals surface area contributed by atoms with Crippen molar-refractivity contribution in [3.63, 3.8) is 0 Å². The molecule has 1 N–H and O–H groups in total. The Kier molecular flexibility index (Phi) is 6.74. The molecule has 1 heterocycles.